The molecule has 10 heterocycles. The summed E-state index contributed by atoms with van der Waals surface area (Å²) in [6.45, 7) is 7.40. The first-order chi connectivity index (χ1) is 68.7. The number of rotatable bonds is 12. The number of likely N-dealkylation sites (tertiary alicyclic amines) is 4. The summed E-state index contributed by atoms with van der Waals surface area (Å²) in [5.74, 6) is 13.4. The van der Waals surface area contributed by atoms with E-state index in [9.17, 15) is 32.2 Å². The smallest absolute Gasteiger partial charge is 0.254 e. The molecule has 10 aliphatic heterocycles. The maximum Gasteiger partial charge on any atom is 0.254 e. The van der Waals surface area contributed by atoms with Crippen molar-refractivity contribution in [3.63, 3.8) is 0 Å². The molecule has 8 aromatic rings. The Morgan fingerprint density at radius 3 is 1.02 bits per heavy atom. The quantitative estimate of drug-likeness (QED) is 0.0827. The van der Waals surface area contributed by atoms with Gasteiger partial charge in [0.2, 0.25) is 17.7 Å². The second-order valence-corrected chi connectivity index (χ2v) is 47.6. The molecule has 0 N–H and O–H groups in total. The van der Waals surface area contributed by atoms with Crippen molar-refractivity contribution in [1.29, 1.82) is 0 Å². The first-order valence-electron chi connectivity index (χ1n) is 52.2. The van der Waals surface area contributed by atoms with Crippen molar-refractivity contribution in [3.8, 4) is 57.5 Å². The van der Waals surface area contributed by atoms with Crippen LogP contribution in [-0.4, -0.2) is 224 Å². The Kier molecular flexibility index (Phi) is 22.1. The molecular weight excluding hydrogens is 1830 g/mol. The summed E-state index contributed by atoms with van der Waals surface area (Å²) in [6.07, 6.45) is 11.6. The average molecular weight is 1960 g/mol. The molecule has 26 heteroatoms. The second-order valence-electron chi connectivity index (χ2n) is 45.2. The van der Waals surface area contributed by atoms with Crippen LogP contribution in [0.5, 0.6) is 57.5 Å². The Morgan fingerprint density at radius 2 is 0.669 bits per heavy atom. The zero-order valence-corrected chi connectivity index (χ0v) is 83.0. The number of amides is 4. The molecular formula is C116H128F5N5O15S. The summed E-state index contributed by atoms with van der Waals surface area (Å²) in [7, 11) is 5.92. The Morgan fingerprint density at radius 1 is 0.373 bits per heavy atom. The number of ether oxygens (including phenoxy) is 10. The number of piperidine rings is 5. The van der Waals surface area contributed by atoms with E-state index in [2.05, 4.69) is 55.2 Å². The van der Waals surface area contributed by atoms with Crippen molar-refractivity contribution < 1.29 is 92.7 Å². The van der Waals surface area contributed by atoms with Gasteiger partial charge in [0.25, 0.3) is 5.91 Å². The number of benzene rings is 8. The number of hydrogen-bond acceptors (Lipinski definition) is 15. The minimum Gasteiger partial charge on any atom is -0.493 e. The summed E-state index contributed by atoms with van der Waals surface area (Å²) in [4.78, 5) is 61.9. The lowest BCUT2D eigenvalue weighted by Crippen LogP contribution is -2.68. The van der Waals surface area contributed by atoms with E-state index in [0.717, 1.165) is 167 Å². The van der Waals surface area contributed by atoms with Crippen molar-refractivity contribution in [1.82, 2.24) is 23.9 Å². The number of halogens is 5. The van der Waals surface area contributed by atoms with E-state index in [0.29, 0.717) is 105 Å². The lowest BCUT2D eigenvalue weighted by atomic mass is 9.51. The van der Waals surface area contributed by atoms with Crippen molar-refractivity contribution in [2.75, 3.05) is 74.5 Å². The van der Waals surface area contributed by atoms with Crippen LogP contribution >= 0.6 is 0 Å². The fraction of sp³-hybridized carbons (Fsp3) is 0.543. The zero-order chi connectivity index (χ0) is 97.6. The summed E-state index contributed by atoms with van der Waals surface area (Å²) in [5.41, 5.74) is 12.4. The van der Waals surface area contributed by atoms with E-state index in [1.807, 2.05) is 140 Å². The van der Waals surface area contributed by atoms with Gasteiger partial charge in [-0.25, -0.2) is 26.3 Å². The van der Waals surface area contributed by atoms with Gasteiger partial charge in [0, 0.05) is 145 Å². The number of carbonyl (C=O) groups excluding carboxylic acids is 4. The Labute approximate surface area is 828 Å². The molecule has 5 spiro atoms. The Balaban J connectivity index is 0.0000000935. The third kappa shape index (κ3) is 13.1. The zero-order valence-electron chi connectivity index (χ0n) is 82.2. The van der Waals surface area contributed by atoms with Crippen LogP contribution in [0.2, 0.25) is 0 Å². The lowest BCUT2D eigenvalue weighted by molar-refractivity contribution is -0.150. The van der Waals surface area contributed by atoms with Crippen LogP contribution in [0.15, 0.2) is 152 Å². The first kappa shape index (κ1) is 92.4. The maximum atomic E-state index is 15.3. The van der Waals surface area contributed by atoms with E-state index in [1.165, 1.54) is 50.1 Å². The number of carbonyl (C=O) groups is 4. The molecule has 6 saturated carbocycles. The summed E-state index contributed by atoms with van der Waals surface area (Å²) in [5, 5.41) is 0. The SMILES string of the molecule is C=S(C)(=O)N1CC[C@@]23c4c5ccc(OC)c4O[C@@H]2C(F)CCC3[C@@H]1C5.COc1ccc2c3c1O[C@@H]1C(F)CCC4[C@H](C2)N(C(=O)C(C)(C)c2ccccc2)CC[C@]341.COc1ccc2c3c1O[C@@H]1C(F)CCC4[C@H](C2)N(C(=O)C2CC2)CC[C@]341.COc1ccc2c3c1O[C@@H]1C(F)CCC4[C@H](C2)N(C(=O)Cc2ccccc2)CC[C@]341.COc1ccc2c3c1O[C@@H]1C(F)CCC4[C@H](C2)N(C(=O)c2ccccc2)CC[C@]341. The molecule has 0 radical (unpaired) electrons. The second kappa shape index (κ2) is 33.9. The minimum absolute atomic E-state index is 0.0738. The predicted molar refractivity (Wildman–Crippen MR) is 527 cm³/mol. The molecule has 29 rings (SSSR count). The highest BCUT2D eigenvalue weighted by atomic mass is 32.2. The van der Waals surface area contributed by atoms with Gasteiger partial charge in [0.05, 0.1) is 47.4 Å². The van der Waals surface area contributed by atoms with Gasteiger partial charge in [-0.05, 0) is 272 Å². The summed E-state index contributed by atoms with van der Waals surface area (Å²) < 4.78 is 150. The van der Waals surface area contributed by atoms with Crippen LogP contribution in [-0.2, 0) is 95.1 Å². The lowest BCUT2D eigenvalue weighted by Gasteiger charge is -2.59. The molecule has 142 heavy (non-hydrogen) atoms. The molecule has 748 valence electrons. The van der Waals surface area contributed by atoms with Crippen LogP contribution in [0.3, 0.4) is 0 Å². The van der Waals surface area contributed by atoms with E-state index in [1.54, 1.807) is 41.8 Å². The van der Waals surface area contributed by atoms with Crippen LogP contribution in [0.4, 0.5) is 22.0 Å². The van der Waals surface area contributed by atoms with Gasteiger partial charge >= 0.3 is 0 Å². The summed E-state index contributed by atoms with van der Waals surface area (Å²) >= 11 is 0. The standard InChI is InChI=1S/C27H30FNO3.C25H26FNO3.C24H24FNO3.C21H24FNO3.C19H24FNO3S/c1-26(2,17-7-5-4-6-8-17)25(30)29-14-13-27-18-10-11-19(28)24(27)32-23-21(31-3)12-9-16(22(23)27)15-20(18)29;1-29-20-10-7-16-14-19-17-8-9-18(26)24-25(17,22(16)23(20)30-24)11-12-27(19)21(28)13-15-5-3-2-4-6-15;1-28-19-10-7-15-13-18-16-8-9-17(25)22-24(16,20(15)21(19)29-22)11-12-26(18)23(27)14-5-3-2-4-6-14;1-25-16-7-4-12-10-15-13-5-6-14(22)19-21(13,17(12)18(16)26-19)8-9-23(15)20(24)11-2-3-11;1-23-15-7-4-11-10-14-12-5-6-13(20)18-19(12,16(11)17(15)24-18)8-9-21(14)25(2,3)22/h4-9,12,18-20,24H,10-11,13-15H2,1-3H3;2-7,10,17-19,24H,8-9,11-14H2,1H3;2-7,10,16-18,22H,8-9,11-13H2,1H3;4,7,11,13-15,19H,2-3,5-6,8-10H2,1H3;4,7,12-14,18H,2,5-6,8-10H2,1,3H3/t18?,19?,20-,24+,27+;17?,18?,19-,24+,25+;16?,17?,18-,22+,24+;13?,14?,15-,19+,21+;12?,13?,14-,18+,19+,25?/m00000/s1. The number of alkyl halides is 5. The van der Waals surface area contributed by atoms with Gasteiger partial charge in [-0.1, -0.05) is 109 Å². The molecule has 4 amide bonds. The molecule has 11 aliphatic carbocycles. The molecule has 10 bridgehead atoms. The number of hydrogen-bond donors (Lipinski definition) is 0. The Hall–Kier alpha value is -10.7. The van der Waals surface area contributed by atoms with E-state index in [-0.39, 0.29) is 105 Å². The van der Waals surface area contributed by atoms with Crippen molar-refractivity contribution in [3.05, 3.63) is 224 Å². The van der Waals surface area contributed by atoms with E-state index < -0.39 is 76.5 Å². The van der Waals surface area contributed by atoms with Crippen molar-refractivity contribution in [2.45, 2.75) is 286 Å². The van der Waals surface area contributed by atoms with Gasteiger partial charge < -0.3 is 67.0 Å². The molecule has 0 aromatic heterocycles. The normalized spacial score (nSPS) is 35.4. The molecule has 26 atom stereocenters. The van der Waals surface area contributed by atoms with Crippen molar-refractivity contribution >= 4 is 39.2 Å². The third-order valence-corrected chi connectivity index (χ3v) is 40.4. The van der Waals surface area contributed by atoms with Crippen LogP contribution in [0, 0.1) is 35.5 Å². The topological polar surface area (TPSA) is 194 Å². The summed E-state index contributed by atoms with van der Waals surface area (Å²) in [6, 6.07) is 50.2. The minimum atomic E-state index is -2.29. The molecule has 11 unspecified atom stereocenters. The molecule has 21 aliphatic rings. The van der Waals surface area contributed by atoms with E-state index >= 15 is 13.2 Å². The first-order valence-corrected chi connectivity index (χ1v) is 54.3. The molecule has 8 aromatic carbocycles. The van der Waals surface area contributed by atoms with Crippen LogP contribution in [0.1, 0.15) is 200 Å². The monoisotopic (exact) mass is 1960 g/mol. The van der Waals surface area contributed by atoms with Gasteiger partial charge in [0.15, 0.2) is 57.5 Å². The van der Waals surface area contributed by atoms with Gasteiger partial charge in [-0.3, -0.25) is 23.4 Å². The van der Waals surface area contributed by atoms with Crippen LogP contribution in [0.25, 0.3) is 0 Å². The Bertz CT molecular complexity index is 6540. The fourth-order valence-corrected chi connectivity index (χ4v) is 34.5. The number of methoxy groups -OCH3 is 5. The highest BCUT2D eigenvalue weighted by molar-refractivity contribution is 7.97. The predicted octanol–water partition coefficient (Wildman–Crippen LogP) is 17.7. The molecule has 11 fully saturated rings. The largest absolute Gasteiger partial charge is 0.493 e. The maximum absolute atomic E-state index is 15.3. The molecule has 20 nitrogen and oxygen atoms in total. The van der Waals surface area contributed by atoms with E-state index in [4.69, 9.17) is 47.4 Å². The average Bonchev–Trinajstić information content (AvgIpc) is 1.59. The van der Waals surface area contributed by atoms with Gasteiger partial charge in [-0.2, -0.15) is 0 Å². The fourth-order valence-electron chi connectivity index (χ4n) is 33.2. The van der Waals surface area contributed by atoms with Crippen molar-refractivity contribution in [2.24, 2.45) is 35.5 Å². The third-order valence-electron chi connectivity index (χ3n) is 39.0. The van der Waals surface area contributed by atoms with Gasteiger partial charge in [-0.15, -0.1) is 0 Å². The molecule has 5 saturated heterocycles. The van der Waals surface area contributed by atoms with Gasteiger partial charge in [0.1, 0.15) is 61.4 Å². The number of nitrogens with zero attached hydrogens (tertiary/aromatic N) is 5. The van der Waals surface area contributed by atoms with Crippen LogP contribution < -0.4 is 47.4 Å². The highest BCUT2D eigenvalue weighted by Crippen LogP contribution is 2.72. The highest BCUT2D eigenvalue weighted by Gasteiger charge is 2.74.